The number of halogens is 1. The number of benzene rings is 1. The maximum absolute atomic E-state index is 14.0. The summed E-state index contributed by atoms with van der Waals surface area (Å²) in [5, 5.41) is 0. The van der Waals surface area contributed by atoms with Crippen LogP contribution >= 0.6 is 0 Å². The second kappa shape index (κ2) is 16.4. The highest BCUT2D eigenvalue weighted by Gasteiger charge is 2.23. The van der Waals surface area contributed by atoms with Crippen molar-refractivity contribution in [1.82, 2.24) is 0 Å². The van der Waals surface area contributed by atoms with E-state index in [0.29, 0.717) is 18.1 Å². The van der Waals surface area contributed by atoms with Gasteiger partial charge in [0.25, 0.3) is 0 Å². The van der Waals surface area contributed by atoms with Crippen LogP contribution in [0.2, 0.25) is 0 Å². The predicted molar refractivity (Wildman–Crippen MR) is 118 cm³/mol. The molecule has 0 saturated heterocycles. The van der Waals surface area contributed by atoms with E-state index < -0.39 is 5.97 Å². The molecule has 29 heavy (non-hydrogen) atoms. The molecule has 0 atom stereocenters. The Morgan fingerprint density at radius 2 is 1.59 bits per heavy atom. The summed E-state index contributed by atoms with van der Waals surface area (Å²) in [7, 11) is 1.69. The topological polar surface area (TPSA) is 35.5 Å². The lowest BCUT2D eigenvalue weighted by Gasteiger charge is -2.26. The number of methoxy groups -OCH3 is 1. The zero-order valence-corrected chi connectivity index (χ0v) is 18.8. The van der Waals surface area contributed by atoms with Crippen LogP contribution in [-0.4, -0.2) is 26.3 Å². The fourth-order valence-corrected chi connectivity index (χ4v) is 3.33. The van der Waals surface area contributed by atoms with Crippen LogP contribution in [0.15, 0.2) is 18.2 Å². The zero-order chi connectivity index (χ0) is 21.3. The van der Waals surface area contributed by atoms with Crippen LogP contribution in [-0.2, 0) is 9.47 Å². The Morgan fingerprint density at radius 1 is 0.966 bits per heavy atom. The van der Waals surface area contributed by atoms with Crippen molar-refractivity contribution in [3.8, 4) is 0 Å². The molecule has 1 fully saturated rings. The fourth-order valence-electron chi connectivity index (χ4n) is 3.33. The second-order valence-electron chi connectivity index (χ2n) is 7.97. The molecule has 1 saturated carbocycles. The summed E-state index contributed by atoms with van der Waals surface area (Å²) in [6.07, 6.45) is 14.2. The molecule has 1 aliphatic carbocycles. The first-order valence-electron chi connectivity index (χ1n) is 11.6. The molecule has 3 nitrogen and oxygen atoms in total. The van der Waals surface area contributed by atoms with Crippen LogP contribution in [0, 0.1) is 5.82 Å². The third-order valence-electron chi connectivity index (χ3n) is 5.46. The van der Waals surface area contributed by atoms with Gasteiger partial charge in [0.15, 0.2) is 0 Å². The average molecular weight is 409 g/mol. The molecule has 4 heteroatoms. The van der Waals surface area contributed by atoms with E-state index in [1.165, 1.54) is 38.2 Å². The molecule has 1 aromatic rings. The second-order valence-corrected chi connectivity index (χ2v) is 7.97. The third kappa shape index (κ3) is 10.8. The van der Waals surface area contributed by atoms with Crippen molar-refractivity contribution in [2.45, 2.75) is 96.8 Å². The zero-order valence-electron chi connectivity index (χ0n) is 18.8. The van der Waals surface area contributed by atoms with Gasteiger partial charge in [-0.15, -0.1) is 0 Å². The highest BCUT2D eigenvalue weighted by atomic mass is 19.1. The van der Waals surface area contributed by atoms with Crippen molar-refractivity contribution < 1.29 is 18.7 Å². The number of rotatable bonds is 13. The van der Waals surface area contributed by atoms with Gasteiger partial charge in [-0.05, 0) is 55.7 Å². The molecule has 0 amide bonds. The highest BCUT2D eigenvalue weighted by Crippen LogP contribution is 2.37. The van der Waals surface area contributed by atoms with Crippen LogP contribution in [0.4, 0.5) is 4.39 Å². The largest absolute Gasteiger partial charge is 0.462 e. The van der Waals surface area contributed by atoms with Crippen molar-refractivity contribution >= 4 is 5.97 Å². The number of carbonyl (C=O) groups is 1. The van der Waals surface area contributed by atoms with E-state index in [9.17, 15) is 9.18 Å². The van der Waals surface area contributed by atoms with E-state index in [1.807, 2.05) is 0 Å². The summed E-state index contributed by atoms with van der Waals surface area (Å²) in [6.45, 7) is 5.65. The van der Waals surface area contributed by atoms with Crippen LogP contribution < -0.4 is 0 Å². The number of unbranched alkanes of at least 4 members (excludes halogenated alkanes) is 7. The summed E-state index contributed by atoms with van der Waals surface area (Å²) in [4.78, 5) is 11.9. The summed E-state index contributed by atoms with van der Waals surface area (Å²) in [5.41, 5.74) is 1.04. The quantitative estimate of drug-likeness (QED) is 0.251. The number of ether oxygens (including phenoxy) is 2. The number of hydrogen-bond acceptors (Lipinski definition) is 3. The number of esters is 1. The van der Waals surface area contributed by atoms with Gasteiger partial charge in [-0.2, -0.15) is 0 Å². The van der Waals surface area contributed by atoms with Gasteiger partial charge in [0.1, 0.15) is 5.82 Å². The van der Waals surface area contributed by atoms with E-state index in [0.717, 1.165) is 57.1 Å². The average Bonchev–Trinajstić information content (AvgIpc) is 2.68. The molecule has 166 valence electrons. The van der Waals surface area contributed by atoms with Gasteiger partial charge in [-0.1, -0.05) is 64.9 Å². The van der Waals surface area contributed by atoms with Gasteiger partial charge in [0.05, 0.1) is 12.2 Å². The van der Waals surface area contributed by atoms with E-state index in [2.05, 4.69) is 13.8 Å². The van der Waals surface area contributed by atoms with Crippen molar-refractivity contribution in [2.75, 3.05) is 20.3 Å². The first kappa shape index (κ1) is 25.6. The SMILES string of the molecule is CCCCCCC.COCCCCCCOC(=O)c1ccc(C2CCC2)c(F)c1. The van der Waals surface area contributed by atoms with Crippen molar-refractivity contribution in [3.63, 3.8) is 0 Å². The Hall–Kier alpha value is -1.42. The molecule has 0 aliphatic heterocycles. The number of carbonyl (C=O) groups excluding carboxylic acids is 1. The molecule has 0 N–H and O–H groups in total. The minimum Gasteiger partial charge on any atom is -0.462 e. The molecule has 0 radical (unpaired) electrons. The molecule has 1 aliphatic rings. The molecule has 0 aromatic heterocycles. The summed E-state index contributed by atoms with van der Waals surface area (Å²) in [5.74, 6) is -0.383. The minimum atomic E-state index is -0.434. The Morgan fingerprint density at radius 3 is 2.10 bits per heavy atom. The first-order chi connectivity index (χ1) is 14.1. The van der Waals surface area contributed by atoms with Gasteiger partial charge in [-0.3, -0.25) is 0 Å². The maximum Gasteiger partial charge on any atom is 0.338 e. The normalized spacial score (nSPS) is 13.4. The molecule has 0 heterocycles. The van der Waals surface area contributed by atoms with Gasteiger partial charge in [0.2, 0.25) is 0 Å². The van der Waals surface area contributed by atoms with E-state index in [4.69, 9.17) is 9.47 Å². The van der Waals surface area contributed by atoms with Crippen LogP contribution in [0.5, 0.6) is 0 Å². The Bertz CT molecular complexity index is 551. The molecule has 2 rings (SSSR count). The molecular formula is C25H41FO3. The lowest BCUT2D eigenvalue weighted by molar-refractivity contribution is 0.0496. The molecule has 0 bridgehead atoms. The summed E-state index contributed by atoms with van der Waals surface area (Å²) < 4.78 is 24.2. The van der Waals surface area contributed by atoms with E-state index >= 15 is 0 Å². The lowest BCUT2D eigenvalue weighted by Crippen LogP contribution is -2.12. The van der Waals surface area contributed by atoms with Gasteiger partial charge < -0.3 is 9.47 Å². The summed E-state index contributed by atoms with van der Waals surface area (Å²) in [6, 6.07) is 4.73. The smallest absolute Gasteiger partial charge is 0.338 e. The fraction of sp³-hybridized carbons (Fsp3) is 0.720. The van der Waals surface area contributed by atoms with Crippen LogP contribution in [0.25, 0.3) is 0 Å². The summed E-state index contributed by atoms with van der Waals surface area (Å²) >= 11 is 0. The van der Waals surface area contributed by atoms with E-state index in [-0.39, 0.29) is 5.82 Å². The van der Waals surface area contributed by atoms with Crippen molar-refractivity contribution in [1.29, 1.82) is 0 Å². The van der Waals surface area contributed by atoms with E-state index in [1.54, 1.807) is 19.2 Å². The van der Waals surface area contributed by atoms with Gasteiger partial charge in [0, 0.05) is 13.7 Å². The predicted octanol–water partition coefficient (Wildman–Crippen LogP) is 7.43. The van der Waals surface area contributed by atoms with Crippen LogP contribution in [0.3, 0.4) is 0 Å². The molecule has 0 spiro atoms. The van der Waals surface area contributed by atoms with Crippen molar-refractivity contribution in [2.24, 2.45) is 0 Å². The van der Waals surface area contributed by atoms with Gasteiger partial charge >= 0.3 is 5.97 Å². The lowest BCUT2D eigenvalue weighted by atomic mass is 9.79. The van der Waals surface area contributed by atoms with Gasteiger partial charge in [-0.25, -0.2) is 9.18 Å². The van der Waals surface area contributed by atoms with Crippen LogP contribution in [0.1, 0.15) is 113 Å². The molecular weight excluding hydrogens is 367 g/mol. The Kier molecular flexibility index (Phi) is 14.5. The standard InChI is InChI=1S/C18H25FO3.C7H16/c1-21-11-4-2-3-5-12-22-18(20)15-9-10-16(17(19)13-15)14-7-6-8-14;1-3-5-7-6-4-2/h9-10,13-14H,2-8,11-12H2,1H3;3-7H2,1-2H3. The monoisotopic (exact) mass is 408 g/mol. The first-order valence-corrected chi connectivity index (χ1v) is 11.6. The highest BCUT2D eigenvalue weighted by molar-refractivity contribution is 5.89. The minimum absolute atomic E-state index is 0.279. The Labute approximate surface area is 177 Å². The number of hydrogen-bond donors (Lipinski definition) is 0. The third-order valence-corrected chi connectivity index (χ3v) is 5.46. The molecule has 0 unspecified atom stereocenters. The Balaban J connectivity index is 0.000000516. The van der Waals surface area contributed by atoms with Crippen molar-refractivity contribution in [3.05, 3.63) is 35.1 Å². The maximum atomic E-state index is 14.0. The molecule has 1 aromatic carbocycles.